The van der Waals surface area contributed by atoms with Crippen molar-refractivity contribution in [2.75, 3.05) is 12.3 Å². The zero-order valence-corrected chi connectivity index (χ0v) is 12.3. The van der Waals surface area contributed by atoms with E-state index in [2.05, 4.69) is 23.5 Å². The van der Waals surface area contributed by atoms with Crippen molar-refractivity contribution >= 4 is 22.2 Å². The second-order valence-electron chi connectivity index (χ2n) is 5.01. The van der Waals surface area contributed by atoms with Crippen molar-refractivity contribution in [1.82, 2.24) is 5.32 Å². The molecule has 1 aliphatic rings. The molecule has 1 aromatic carbocycles. The second-order valence-corrected chi connectivity index (χ2v) is 6.15. The minimum absolute atomic E-state index is 0.0563. The van der Waals surface area contributed by atoms with Crippen LogP contribution < -0.4 is 11.1 Å². The summed E-state index contributed by atoms with van der Waals surface area (Å²) < 4.78 is 0. The SMILES string of the molecule is CCNC(=O)c1c(N)sc2c1-c1ccccc1CCC2. The third kappa shape index (κ3) is 2.10. The van der Waals surface area contributed by atoms with E-state index in [0.29, 0.717) is 17.1 Å². The summed E-state index contributed by atoms with van der Waals surface area (Å²) in [7, 11) is 0. The normalized spacial score (nSPS) is 13.2. The van der Waals surface area contributed by atoms with Gasteiger partial charge in [-0.2, -0.15) is 0 Å². The maximum atomic E-state index is 12.3. The molecule has 3 N–H and O–H groups in total. The Morgan fingerprint density at radius 2 is 2.15 bits per heavy atom. The molecule has 0 aliphatic heterocycles. The van der Waals surface area contributed by atoms with Crippen molar-refractivity contribution in [3.05, 3.63) is 40.3 Å². The predicted molar refractivity (Wildman–Crippen MR) is 84.2 cm³/mol. The Morgan fingerprint density at radius 3 is 2.95 bits per heavy atom. The van der Waals surface area contributed by atoms with Crippen molar-refractivity contribution < 1.29 is 4.79 Å². The lowest BCUT2D eigenvalue weighted by atomic mass is 9.96. The molecule has 20 heavy (non-hydrogen) atoms. The molecule has 0 unspecified atom stereocenters. The Kier molecular flexibility index (Phi) is 3.49. The quantitative estimate of drug-likeness (QED) is 0.890. The number of anilines is 1. The van der Waals surface area contributed by atoms with Gasteiger partial charge in [0.1, 0.15) is 0 Å². The van der Waals surface area contributed by atoms with Gasteiger partial charge in [-0.15, -0.1) is 11.3 Å². The molecule has 0 saturated heterocycles. The number of hydrogen-bond donors (Lipinski definition) is 2. The van der Waals surface area contributed by atoms with Crippen LogP contribution in [0.5, 0.6) is 0 Å². The largest absolute Gasteiger partial charge is 0.390 e. The lowest BCUT2D eigenvalue weighted by Crippen LogP contribution is -2.23. The standard InChI is InChI=1S/C16H18N2OS/c1-2-18-16(19)14-13-11-8-4-3-6-10(11)7-5-9-12(13)20-15(14)17/h3-4,6,8H,2,5,7,9,17H2,1H3,(H,18,19). The molecule has 0 radical (unpaired) electrons. The highest BCUT2D eigenvalue weighted by molar-refractivity contribution is 7.17. The van der Waals surface area contributed by atoms with Gasteiger partial charge < -0.3 is 11.1 Å². The van der Waals surface area contributed by atoms with Gasteiger partial charge in [0.15, 0.2) is 0 Å². The summed E-state index contributed by atoms with van der Waals surface area (Å²) in [4.78, 5) is 13.6. The van der Waals surface area contributed by atoms with Crippen molar-refractivity contribution in [2.45, 2.75) is 26.2 Å². The van der Waals surface area contributed by atoms with Crippen LogP contribution in [0.3, 0.4) is 0 Å². The number of hydrogen-bond acceptors (Lipinski definition) is 3. The zero-order chi connectivity index (χ0) is 14.1. The first-order chi connectivity index (χ1) is 9.72. The van der Waals surface area contributed by atoms with E-state index >= 15 is 0 Å². The Morgan fingerprint density at radius 1 is 1.35 bits per heavy atom. The number of carbonyl (C=O) groups excluding carboxylic acids is 1. The predicted octanol–water partition coefficient (Wildman–Crippen LogP) is 3.24. The molecule has 0 fully saturated rings. The summed E-state index contributed by atoms with van der Waals surface area (Å²) in [5.74, 6) is -0.0563. The summed E-state index contributed by atoms with van der Waals surface area (Å²) in [5, 5.41) is 3.51. The highest BCUT2D eigenvalue weighted by Crippen LogP contribution is 2.42. The number of aryl methyl sites for hydroxylation is 2. The van der Waals surface area contributed by atoms with Crippen molar-refractivity contribution in [3.63, 3.8) is 0 Å². The first-order valence-electron chi connectivity index (χ1n) is 7.00. The van der Waals surface area contributed by atoms with Crippen LogP contribution in [0.4, 0.5) is 5.00 Å². The van der Waals surface area contributed by atoms with E-state index in [0.717, 1.165) is 24.8 Å². The molecular formula is C16H18N2OS. The molecule has 0 spiro atoms. The number of benzene rings is 1. The maximum absolute atomic E-state index is 12.3. The average Bonchev–Trinajstić information content (AvgIpc) is 2.66. The fourth-order valence-corrected chi connectivity index (χ4v) is 3.98. The number of carbonyl (C=O) groups is 1. The molecule has 1 aromatic heterocycles. The van der Waals surface area contributed by atoms with E-state index in [1.165, 1.54) is 16.0 Å². The summed E-state index contributed by atoms with van der Waals surface area (Å²) in [6.07, 6.45) is 3.17. The molecule has 1 heterocycles. The number of fused-ring (bicyclic) bond motifs is 3. The Bertz CT molecular complexity index is 660. The molecule has 0 atom stereocenters. The molecular weight excluding hydrogens is 268 g/mol. The smallest absolute Gasteiger partial charge is 0.254 e. The molecule has 1 aliphatic carbocycles. The Hall–Kier alpha value is -1.81. The summed E-state index contributed by atoms with van der Waals surface area (Å²) >= 11 is 1.56. The van der Waals surface area contributed by atoms with Crippen LogP contribution in [0.25, 0.3) is 11.1 Å². The second kappa shape index (κ2) is 5.29. The fraction of sp³-hybridized carbons (Fsp3) is 0.312. The highest BCUT2D eigenvalue weighted by atomic mass is 32.1. The van der Waals surface area contributed by atoms with Gasteiger partial charge in [0, 0.05) is 17.0 Å². The lowest BCUT2D eigenvalue weighted by molar-refractivity contribution is 0.0957. The van der Waals surface area contributed by atoms with Crippen LogP contribution in [-0.2, 0) is 12.8 Å². The monoisotopic (exact) mass is 286 g/mol. The summed E-state index contributed by atoms with van der Waals surface area (Å²) in [6.45, 7) is 2.54. The average molecular weight is 286 g/mol. The third-order valence-corrected chi connectivity index (χ3v) is 4.79. The van der Waals surface area contributed by atoms with Gasteiger partial charge in [0.2, 0.25) is 0 Å². The number of rotatable bonds is 2. The topological polar surface area (TPSA) is 55.1 Å². The van der Waals surface area contributed by atoms with Crippen molar-refractivity contribution in [1.29, 1.82) is 0 Å². The van der Waals surface area contributed by atoms with E-state index in [4.69, 9.17) is 5.73 Å². The third-order valence-electron chi connectivity index (χ3n) is 3.71. The number of nitrogen functional groups attached to an aromatic ring is 1. The maximum Gasteiger partial charge on any atom is 0.254 e. The van der Waals surface area contributed by atoms with Crippen molar-refractivity contribution in [3.8, 4) is 11.1 Å². The number of nitrogens with one attached hydrogen (secondary N) is 1. The molecule has 104 valence electrons. The Balaban J connectivity index is 2.22. The minimum Gasteiger partial charge on any atom is -0.390 e. The lowest BCUT2D eigenvalue weighted by Gasteiger charge is -2.09. The highest BCUT2D eigenvalue weighted by Gasteiger charge is 2.25. The summed E-state index contributed by atoms with van der Waals surface area (Å²) in [5.41, 5.74) is 10.3. The van der Waals surface area contributed by atoms with Gasteiger partial charge in [-0.3, -0.25) is 4.79 Å². The van der Waals surface area contributed by atoms with Crippen LogP contribution >= 0.6 is 11.3 Å². The number of amides is 1. The summed E-state index contributed by atoms with van der Waals surface area (Å²) in [6, 6.07) is 8.35. The van der Waals surface area contributed by atoms with Crippen LogP contribution in [0.1, 0.15) is 34.1 Å². The number of nitrogens with two attached hydrogens (primary N) is 1. The van der Waals surface area contributed by atoms with E-state index in [-0.39, 0.29) is 5.91 Å². The van der Waals surface area contributed by atoms with Crippen molar-refractivity contribution in [2.24, 2.45) is 0 Å². The van der Waals surface area contributed by atoms with Gasteiger partial charge in [-0.1, -0.05) is 24.3 Å². The molecule has 2 aromatic rings. The van der Waals surface area contributed by atoms with E-state index in [1.54, 1.807) is 11.3 Å². The first kappa shape index (κ1) is 13.2. The zero-order valence-electron chi connectivity index (χ0n) is 11.5. The Labute approximate surface area is 122 Å². The van der Waals surface area contributed by atoms with Gasteiger partial charge in [-0.05, 0) is 37.3 Å². The van der Waals surface area contributed by atoms with E-state index in [1.807, 2.05) is 13.0 Å². The number of thiophene rings is 1. The fourth-order valence-electron chi connectivity index (χ4n) is 2.85. The molecule has 3 rings (SSSR count). The first-order valence-corrected chi connectivity index (χ1v) is 7.81. The van der Waals surface area contributed by atoms with Gasteiger partial charge >= 0.3 is 0 Å². The minimum atomic E-state index is -0.0563. The van der Waals surface area contributed by atoms with Gasteiger partial charge in [0.05, 0.1) is 10.6 Å². The molecule has 4 heteroatoms. The van der Waals surface area contributed by atoms with Crippen LogP contribution in [-0.4, -0.2) is 12.5 Å². The van der Waals surface area contributed by atoms with Gasteiger partial charge in [0.25, 0.3) is 5.91 Å². The van der Waals surface area contributed by atoms with Crippen LogP contribution in [0.15, 0.2) is 24.3 Å². The van der Waals surface area contributed by atoms with Crippen LogP contribution in [0, 0.1) is 0 Å². The van der Waals surface area contributed by atoms with Crippen LogP contribution in [0.2, 0.25) is 0 Å². The molecule has 0 saturated carbocycles. The van der Waals surface area contributed by atoms with Gasteiger partial charge in [-0.25, -0.2) is 0 Å². The molecule has 3 nitrogen and oxygen atoms in total. The van der Waals surface area contributed by atoms with E-state index in [9.17, 15) is 4.79 Å². The van der Waals surface area contributed by atoms with E-state index < -0.39 is 0 Å². The molecule has 0 bridgehead atoms. The molecule has 1 amide bonds.